The first-order valence-electron chi connectivity index (χ1n) is 20.2. The van der Waals surface area contributed by atoms with E-state index in [9.17, 15) is 0 Å². The largest absolute Gasteiger partial charge is 0.307 e. The molecule has 0 amide bonds. The minimum Gasteiger partial charge on any atom is -0.307 e. The Hall–Kier alpha value is -7.63. The summed E-state index contributed by atoms with van der Waals surface area (Å²) in [6.07, 6.45) is 0. The van der Waals surface area contributed by atoms with Gasteiger partial charge in [-0.1, -0.05) is 178 Å². The van der Waals surface area contributed by atoms with Crippen molar-refractivity contribution in [3.05, 3.63) is 199 Å². The second-order valence-corrected chi connectivity index (χ2v) is 16.1. The molecule has 0 unspecified atom stereocenters. The van der Waals surface area contributed by atoms with Gasteiger partial charge in [-0.3, -0.25) is 4.57 Å². The Morgan fingerprint density at radius 3 is 1.54 bits per heavy atom. The van der Waals surface area contributed by atoms with E-state index in [1.165, 1.54) is 38.6 Å². The van der Waals surface area contributed by atoms with E-state index in [2.05, 4.69) is 187 Å². The van der Waals surface area contributed by atoms with Gasteiger partial charge in [0.15, 0.2) is 11.6 Å². The summed E-state index contributed by atoms with van der Waals surface area (Å²) < 4.78 is 4.73. The maximum Gasteiger partial charge on any atom is 0.238 e. The lowest BCUT2D eigenvalue weighted by atomic mass is 9.82. The summed E-state index contributed by atoms with van der Waals surface area (Å²) in [6, 6.07) is 67.1. The number of rotatable bonds is 5. The quantitative estimate of drug-likeness (QED) is 0.176. The fourth-order valence-corrected chi connectivity index (χ4v) is 9.58. The Labute approximate surface area is 341 Å². The molecule has 5 nitrogen and oxygen atoms in total. The molecule has 3 aromatic heterocycles. The minimum absolute atomic E-state index is 0.0836. The molecular weight excluding hydrogens is 719 g/mol. The molecule has 59 heavy (non-hydrogen) atoms. The first kappa shape index (κ1) is 33.5. The van der Waals surface area contributed by atoms with Crippen molar-refractivity contribution in [3.8, 4) is 56.7 Å². The lowest BCUT2D eigenvalue weighted by Crippen LogP contribution is -2.14. The highest BCUT2D eigenvalue weighted by Gasteiger charge is 2.35. The average molecular weight is 756 g/mol. The normalized spacial score (nSPS) is 13.1. The molecule has 3 heterocycles. The topological polar surface area (TPSA) is 48.5 Å². The summed E-state index contributed by atoms with van der Waals surface area (Å²) >= 11 is 0. The van der Waals surface area contributed by atoms with Gasteiger partial charge in [0, 0.05) is 43.8 Å². The summed E-state index contributed by atoms with van der Waals surface area (Å²) in [5.41, 5.74) is 14.9. The van der Waals surface area contributed by atoms with Crippen LogP contribution >= 0.6 is 0 Å². The molecule has 0 aliphatic heterocycles. The lowest BCUT2D eigenvalue weighted by Gasteiger charge is -2.21. The number of hydrogen-bond donors (Lipinski definition) is 0. The molecule has 12 rings (SSSR count). The van der Waals surface area contributed by atoms with Crippen LogP contribution in [0, 0.1) is 0 Å². The van der Waals surface area contributed by atoms with Crippen molar-refractivity contribution in [1.29, 1.82) is 0 Å². The summed E-state index contributed by atoms with van der Waals surface area (Å²) in [5.74, 6) is 1.81. The van der Waals surface area contributed by atoms with Crippen LogP contribution in [0.4, 0.5) is 0 Å². The molecule has 1 aliphatic carbocycles. The molecule has 0 fully saturated rings. The van der Waals surface area contributed by atoms with Crippen LogP contribution < -0.4 is 0 Å². The van der Waals surface area contributed by atoms with Crippen LogP contribution in [0.25, 0.3) is 100 Å². The number of hydrogen-bond acceptors (Lipinski definition) is 3. The Balaban J connectivity index is 1.16. The van der Waals surface area contributed by atoms with E-state index in [0.717, 1.165) is 55.2 Å². The van der Waals surface area contributed by atoms with Crippen molar-refractivity contribution in [2.24, 2.45) is 0 Å². The standard InChI is InChI=1S/C54H37N5/c1-54(2)45-22-12-9-19-39(45)44-33-38(29-32-46(44)54)58-47-23-13-10-20-40(47)42-30-31-43-41-21-11-14-24-48(41)59(50(43)49(42)58)53-56-51(36-17-7-4-8-18-36)55-52(57-53)37-27-25-35(26-28-37)34-15-5-3-6-16-34/h3-33H,1-2H3. The van der Waals surface area contributed by atoms with Crippen molar-refractivity contribution in [1.82, 2.24) is 24.1 Å². The SMILES string of the molecule is CC1(C)c2ccccc2-c2cc(-n3c4ccccc4c4ccc5c6ccccc6n(-c6nc(-c7ccccc7)nc(-c7ccc(-c8ccccc8)cc7)n6)c5c43)ccc21. The van der Waals surface area contributed by atoms with Gasteiger partial charge in [-0.2, -0.15) is 9.97 Å². The van der Waals surface area contributed by atoms with E-state index >= 15 is 0 Å². The highest BCUT2D eigenvalue weighted by atomic mass is 15.2. The first-order valence-corrected chi connectivity index (χ1v) is 20.2. The van der Waals surface area contributed by atoms with Gasteiger partial charge in [0.1, 0.15) is 0 Å². The maximum atomic E-state index is 5.36. The lowest BCUT2D eigenvalue weighted by molar-refractivity contribution is 0.660. The molecule has 278 valence electrons. The third-order valence-electron chi connectivity index (χ3n) is 12.4. The molecular formula is C54H37N5. The second-order valence-electron chi connectivity index (χ2n) is 16.1. The summed E-state index contributed by atoms with van der Waals surface area (Å²) in [4.78, 5) is 15.8. The zero-order valence-electron chi connectivity index (χ0n) is 32.6. The number of benzene rings is 8. The fraction of sp³-hybridized carbons (Fsp3) is 0.0556. The Kier molecular flexibility index (Phi) is 7.20. The van der Waals surface area contributed by atoms with Crippen LogP contribution in [0.15, 0.2) is 188 Å². The molecule has 0 saturated carbocycles. The monoisotopic (exact) mass is 755 g/mol. The van der Waals surface area contributed by atoms with Crippen LogP contribution in [-0.2, 0) is 5.41 Å². The van der Waals surface area contributed by atoms with Gasteiger partial charge in [-0.15, -0.1) is 0 Å². The Morgan fingerprint density at radius 2 is 0.864 bits per heavy atom. The van der Waals surface area contributed by atoms with Gasteiger partial charge in [-0.05, 0) is 57.6 Å². The van der Waals surface area contributed by atoms with Gasteiger partial charge in [0.2, 0.25) is 5.95 Å². The van der Waals surface area contributed by atoms with Crippen LogP contribution in [0.2, 0.25) is 0 Å². The predicted molar refractivity (Wildman–Crippen MR) is 242 cm³/mol. The third-order valence-corrected chi connectivity index (χ3v) is 12.4. The molecule has 5 heteroatoms. The van der Waals surface area contributed by atoms with Gasteiger partial charge < -0.3 is 4.57 Å². The molecule has 0 N–H and O–H groups in total. The first-order chi connectivity index (χ1) is 29.0. The van der Waals surface area contributed by atoms with Crippen LogP contribution in [-0.4, -0.2) is 24.1 Å². The second kappa shape index (κ2) is 12.7. The molecule has 0 bridgehead atoms. The number of nitrogens with zero attached hydrogens (tertiary/aromatic N) is 5. The number of fused-ring (bicyclic) bond motifs is 10. The van der Waals surface area contributed by atoms with Crippen LogP contribution in [0.5, 0.6) is 0 Å². The Bertz CT molecular complexity index is 3450. The van der Waals surface area contributed by atoms with Gasteiger partial charge in [0.05, 0.1) is 22.1 Å². The Morgan fingerprint density at radius 1 is 0.373 bits per heavy atom. The van der Waals surface area contributed by atoms with E-state index in [-0.39, 0.29) is 5.41 Å². The maximum absolute atomic E-state index is 5.36. The summed E-state index contributed by atoms with van der Waals surface area (Å²) in [7, 11) is 0. The summed E-state index contributed by atoms with van der Waals surface area (Å²) in [5, 5.41) is 4.65. The highest BCUT2D eigenvalue weighted by molar-refractivity contribution is 6.23. The van der Waals surface area contributed by atoms with E-state index < -0.39 is 0 Å². The van der Waals surface area contributed by atoms with E-state index in [4.69, 9.17) is 15.0 Å². The molecule has 1 aliphatic rings. The molecule has 11 aromatic rings. The molecule has 8 aromatic carbocycles. The van der Waals surface area contributed by atoms with E-state index in [1.807, 2.05) is 24.3 Å². The van der Waals surface area contributed by atoms with Crippen molar-refractivity contribution in [2.75, 3.05) is 0 Å². The summed E-state index contributed by atoms with van der Waals surface area (Å²) in [6.45, 7) is 4.67. The van der Waals surface area contributed by atoms with Crippen molar-refractivity contribution >= 4 is 43.6 Å². The van der Waals surface area contributed by atoms with E-state index in [0.29, 0.717) is 17.6 Å². The minimum atomic E-state index is -0.0836. The van der Waals surface area contributed by atoms with Crippen molar-refractivity contribution < 1.29 is 0 Å². The number of para-hydroxylation sites is 2. The molecule has 0 saturated heterocycles. The van der Waals surface area contributed by atoms with Gasteiger partial charge in [-0.25, -0.2) is 4.98 Å². The van der Waals surface area contributed by atoms with Crippen LogP contribution in [0.1, 0.15) is 25.0 Å². The highest BCUT2D eigenvalue weighted by Crippen LogP contribution is 2.50. The molecule has 0 spiro atoms. The molecule has 0 radical (unpaired) electrons. The van der Waals surface area contributed by atoms with Gasteiger partial charge >= 0.3 is 0 Å². The number of aromatic nitrogens is 5. The van der Waals surface area contributed by atoms with Gasteiger partial charge in [0.25, 0.3) is 0 Å². The van der Waals surface area contributed by atoms with Crippen molar-refractivity contribution in [2.45, 2.75) is 19.3 Å². The van der Waals surface area contributed by atoms with Crippen LogP contribution in [0.3, 0.4) is 0 Å². The zero-order chi connectivity index (χ0) is 39.2. The predicted octanol–water partition coefficient (Wildman–Crippen LogP) is 13.4. The third kappa shape index (κ3) is 5.01. The van der Waals surface area contributed by atoms with Crippen molar-refractivity contribution in [3.63, 3.8) is 0 Å². The zero-order valence-corrected chi connectivity index (χ0v) is 32.6. The molecule has 0 atom stereocenters. The fourth-order valence-electron chi connectivity index (χ4n) is 9.58. The average Bonchev–Trinajstić information content (AvgIpc) is 3.90. The smallest absolute Gasteiger partial charge is 0.238 e. The van der Waals surface area contributed by atoms with E-state index in [1.54, 1.807) is 0 Å².